The van der Waals surface area contributed by atoms with Gasteiger partial charge in [0.15, 0.2) is 0 Å². The first-order valence-electron chi connectivity index (χ1n) is 8.60. The Morgan fingerprint density at radius 1 is 1.17 bits per heavy atom. The zero-order chi connectivity index (χ0) is 17.7. The van der Waals surface area contributed by atoms with Gasteiger partial charge in [0, 0.05) is 18.5 Å². The molecule has 132 valence electrons. The lowest BCUT2D eigenvalue weighted by atomic mass is 9.95. The molecule has 0 bridgehead atoms. The maximum atomic E-state index is 12.2. The third kappa shape index (κ3) is 4.94. The van der Waals surface area contributed by atoms with E-state index in [2.05, 4.69) is 20.5 Å². The zero-order valence-corrected chi connectivity index (χ0v) is 15.1. The van der Waals surface area contributed by atoms with Crippen molar-refractivity contribution < 1.29 is 9.59 Å². The maximum Gasteiger partial charge on any atom is 0.246 e. The summed E-state index contributed by atoms with van der Waals surface area (Å²) in [6.07, 6.45) is 5.35. The SMILES string of the molecule is CC(NC(=O)C(C)(C)C)C(=O)Nc1ccc(N2CCCCC2)nc1. The highest BCUT2D eigenvalue weighted by Gasteiger charge is 2.25. The fourth-order valence-electron chi connectivity index (χ4n) is 2.50. The molecule has 1 saturated heterocycles. The Balaban J connectivity index is 1.90. The molecule has 6 nitrogen and oxygen atoms in total. The molecule has 1 atom stereocenters. The summed E-state index contributed by atoms with van der Waals surface area (Å²) in [7, 11) is 0. The van der Waals surface area contributed by atoms with E-state index in [0.717, 1.165) is 18.9 Å². The van der Waals surface area contributed by atoms with Gasteiger partial charge in [0.25, 0.3) is 0 Å². The topological polar surface area (TPSA) is 74.3 Å². The number of anilines is 2. The van der Waals surface area contributed by atoms with Gasteiger partial charge in [-0.3, -0.25) is 9.59 Å². The zero-order valence-electron chi connectivity index (χ0n) is 15.1. The standard InChI is InChI=1S/C18H28N4O2/c1-13(20-17(24)18(2,3)4)16(23)21-14-8-9-15(19-12-14)22-10-6-5-7-11-22/h8-9,12-13H,5-7,10-11H2,1-4H3,(H,20,24)(H,21,23). The Hall–Kier alpha value is -2.11. The Bertz CT molecular complexity index is 572. The molecule has 0 aliphatic carbocycles. The molecular formula is C18H28N4O2. The van der Waals surface area contributed by atoms with Gasteiger partial charge in [-0.2, -0.15) is 0 Å². The second kappa shape index (κ2) is 7.64. The van der Waals surface area contributed by atoms with Crippen molar-refractivity contribution in [1.82, 2.24) is 10.3 Å². The Morgan fingerprint density at radius 2 is 1.83 bits per heavy atom. The van der Waals surface area contributed by atoms with Crippen molar-refractivity contribution >= 4 is 23.3 Å². The van der Waals surface area contributed by atoms with Gasteiger partial charge < -0.3 is 15.5 Å². The van der Waals surface area contributed by atoms with Crippen molar-refractivity contribution in [3.05, 3.63) is 18.3 Å². The summed E-state index contributed by atoms with van der Waals surface area (Å²) in [5.74, 6) is 0.547. The molecule has 0 aromatic carbocycles. The van der Waals surface area contributed by atoms with Crippen molar-refractivity contribution in [2.24, 2.45) is 5.41 Å². The highest BCUT2D eigenvalue weighted by atomic mass is 16.2. The van der Waals surface area contributed by atoms with Crippen LogP contribution < -0.4 is 15.5 Å². The van der Waals surface area contributed by atoms with Crippen LogP contribution in [0.15, 0.2) is 18.3 Å². The molecule has 2 rings (SSSR count). The van der Waals surface area contributed by atoms with Gasteiger partial charge >= 0.3 is 0 Å². The number of piperidine rings is 1. The fraction of sp³-hybridized carbons (Fsp3) is 0.611. The van der Waals surface area contributed by atoms with Gasteiger partial charge in [-0.1, -0.05) is 20.8 Å². The molecule has 6 heteroatoms. The van der Waals surface area contributed by atoms with E-state index in [0.29, 0.717) is 5.69 Å². The number of carbonyl (C=O) groups excluding carboxylic acids is 2. The summed E-state index contributed by atoms with van der Waals surface area (Å²) >= 11 is 0. The first-order valence-corrected chi connectivity index (χ1v) is 8.60. The van der Waals surface area contributed by atoms with Crippen molar-refractivity contribution in [2.45, 2.75) is 53.0 Å². The summed E-state index contributed by atoms with van der Waals surface area (Å²) in [6, 6.07) is 3.19. The Kier molecular flexibility index (Phi) is 5.80. The van der Waals surface area contributed by atoms with Crippen LogP contribution in [0.3, 0.4) is 0 Å². The molecule has 2 N–H and O–H groups in total. The highest BCUT2D eigenvalue weighted by molar-refractivity contribution is 5.97. The summed E-state index contributed by atoms with van der Waals surface area (Å²) in [5.41, 5.74) is 0.115. The highest BCUT2D eigenvalue weighted by Crippen LogP contribution is 2.19. The van der Waals surface area contributed by atoms with Crippen LogP contribution in [0.25, 0.3) is 0 Å². The third-order valence-corrected chi connectivity index (χ3v) is 4.12. The molecule has 1 fully saturated rings. The molecule has 0 saturated carbocycles. The van der Waals surface area contributed by atoms with E-state index in [4.69, 9.17) is 0 Å². The first-order chi connectivity index (χ1) is 11.3. The van der Waals surface area contributed by atoms with Crippen LogP contribution in [0.2, 0.25) is 0 Å². The molecule has 1 aromatic heterocycles. The van der Waals surface area contributed by atoms with Gasteiger partial charge in [-0.05, 0) is 38.3 Å². The van der Waals surface area contributed by atoms with E-state index in [1.807, 2.05) is 32.9 Å². The van der Waals surface area contributed by atoms with E-state index < -0.39 is 11.5 Å². The van der Waals surface area contributed by atoms with Crippen LogP contribution in [0.1, 0.15) is 47.0 Å². The van der Waals surface area contributed by atoms with E-state index in [-0.39, 0.29) is 11.8 Å². The van der Waals surface area contributed by atoms with E-state index in [1.165, 1.54) is 19.3 Å². The molecule has 1 aliphatic rings. The minimum absolute atomic E-state index is 0.149. The number of nitrogens with zero attached hydrogens (tertiary/aromatic N) is 2. The summed E-state index contributed by atoms with van der Waals surface area (Å²) in [6.45, 7) is 9.19. The third-order valence-electron chi connectivity index (χ3n) is 4.12. The van der Waals surface area contributed by atoms with Gasteiger partial charge in [0.2, 0.25) is 11.8 Å². The molecule has 1 unspecified atom stereocenters. The molecule has 1 aromatic rings. The predicted octanol–water partition coefficient (Wildman–Crippen LogP) is 2.56. The number of rotatable bonds is 4. The summed E-state index contributed by atoms with van der Waals surface area (Å²) < 4.78 is 0. The second-order valence-electron chi connectivity index (χ2n) is 7.39. The maximum absolute atomic E-state index is 12.2. The number of amides is 2. The minimum Gasteiger partial charge on any atom is -0.357 e. The van der Waals surface area contributed by atoms with Gasteiger partial charge in [-0.15, -0.1) is 0 Å². The first kappa shape index (κ1) is 18.2. The average Bonchev–Trinajstić information content (AvgIpc) is 2.55. The van der Waals surface area contributed by atoms with Crippen LogP contribution >= 0.6 is 0 Å². The lowest BCUT2D eigenvalue weighted by Crippen LogP contribution is -2.46. The van der Waals surface area contributed by atoms with Crippen molar-refractivity contribution in [2.75, 3.05) is 23.3 Å². The normalized spacial score (nSPS) is 16.4. The largest absolute Gasteiger partial charge is 0.357 e. The minimum atomic E-state index is -0.599. The van der Waals surface area contributed by atoms with Gasteiger partial charge in [0.05, 0.1) is 11.9 Å². The van der Waals surface area contributed by atoms with Crippen molar-refractivity contribution in [1.29, 1.82) is 0 Å². The van der Waals surface area contributed by atoms with Crippen molar-refractivity contribution in [3.63, 3.8) is 0 Å². The van der Waals surface area contributed by atoms with Gasteiger partial charge in [0.1, 0.15) is 11.9 Å². The number of hydrogen-bond acceptors (Lipinski definition) is 4. The number of aromatic nitrogens is 1. The monoisotopic (exact) mass is 332 g/mol. The molecule has 0 radical (unpaired) electrons. The lowest BCUT2D eigenvalue weighted by Gasteiger charge is -2.27. The second-order valence-corrected chi connectivity index (χ2v) is 7.39. The molecule has 2 amide bonds. The fourth-order valence-corrected chi connectivity index (χ4v) is 2.50. The van der Waals surface area contributed by atoms with Crippen LogP contribution in [0.4, 0.5) is 11.5 Å². The smallest absolute Gasteiger partial charge is 0.246 e. The molecule has 24 heavy (non-hydrogen) atoms. The number of nitrogens with one attached hydrogen (secondary N) is 2. The summed E-state index contributed by atoms with van der Waals surface area (Å²) in [5, 5.41) is 5.52. The van der Waals surface area contributed by atoms with Crippen LogP contribution in [0, 0.1) is 5.41 Å². The number of pyridine rings is 1. The Labute approximate surface area is 144 Å². The number of carbonyl (C=O) groups is 2. The molecule has 1 aliphatic heterocycles. The van der Waals surface area contributed by atoms with E-state index in [1.54, 1.807) is 13.1 Å². The van der Waals surface area contributed by atoms with Crippen molar-refractivity contribution in [3.8, 4) is 0 Å². The van der Waals surface area contributed by atoms with Crippen LogP contribution in [0.5, 0.6) is 0 Å². The summed E-state index contributed by atoms with van der Waals surface area (Å²) in [4.78, 5) is 30.8. The quantitative estimate of drug-likeness (QED) is 0.889. The Morgan fingerprint density at radius 3 is 2.38 bits per heavy atom. The molecule has 0 spiro atoms. The van der Waals surface area contributed by atoms with E-state index >= 15 is 0 Å². The molecule has 2 heterocycles. The van der Waals surface area contributed by atoms with Crippen LogP contribution in [-0.2, 0) is 9.59 Å². The van der Waals surface area contributed by atoms with E-state index in [9.17, 15) is 9.59 Å². The number of hydrogen-bond donors (Lipinski definition) is 2. The molecular weight excluding hydrogens is 304 g/mol. The lowest BCUT2D eigenvalue weighted by molar-refractivity contribution is -0.131. The predicted molar refractivity (Wildman–Crippen MR) is 96.0 cm³/mol. The van der Waals surface area contributed by atoms with Crippen LogP contribution in [-0.4, -0.2) is 35.9 Å². The average molecular weight is 332 g/mol. The van der Waals surface area contributed by atoms with Gasteiger partial charge in [-0.25, -0.2) is 4.98 Å².